The van der Waals surface area contributed by atoms with E-state index >= 15 is 0 Å². The smallest absolute Gasteiger partial charge is 0.244 e. The molecule has 0 saturated carbocycles. The van der Waals surface area contributed by atoms with Gasteiger partial charge in [0.2, 0.25) is 10.0 Å². The molecule has 0 heterocycles. The van der Waals surface area contributed by atoms with Gasteiger partial charge in [-0.3, -0.25) is 0 Å². The predicted molar refractivity (Wildman–Crippen MR) is 98.4 cm³/mol. The van der Waals surface area contributed by atoms with Gasteiger partial charge >= 0.3 is 0 Å². The SMILES string of the molecule is COc1ccc(C)cc1S(=O)(=O)NCCC(CCO)c1ccccc1. The Morgan fingerprint density at radius 1 is 1.12 bits per heavy atom. The van der Waals surface area contributed by atoms with Crippen molar-refractivity contribution in [1.29, 1.82) is 0 Å². The van der Waals surface area contributed by atoms with E-state index in [-0.39, 0.29) is 17.4 Å². The third-order valence-corrected chi connectivity index (χ3v) is 5.62. The molecule has 0 spiro atoms. The van der Waals surface area contributed by atoms with E-state index < -0.39 is 10.0 Å². The van der Waals surface area contributed by atoms with Crippen molar-refractivity contribution in [2.45, 2.75) is 30.6 Å². The third kappa shape index (κ3) is 5.29. The van der Waals surface area contributed by atoms with Crippen LogP contribution < -0.4 is 9.46 Å². The molecule has 5 nitrogen and oxygen atoms in total. The molecule has 25 heavy (non-hydrogen) atoms. The van der Waals surface area contributed by atoms with Gasteiger partial charge in [0.05, 0.1) is 7.11 Å². The molecule has 0 aromatic heterocycles. The van der Waals surface area contributed by atoms with Crippen molar-refractivity contribution in [2.24, 2.45) is 0 Å². The van der Waals surface area contributed by atoms with Crippen LogP contribution >= 0.6 is 0 Å². The van der Waals surface area contributed by atoms with Crippen molar-refractivity contribution in [2.75, 3.05) is 20.3 Å². The summed E-state index contributed by atoms with van der Waals surface area (Å²) in [5.74, 6) is 0.432. The maximum atomic E-state index is 12.6. The van der Waals surface area contributed by atoms with Crippen molar-refractivity contribution < 1.29 is 18.3 Å². The first-order chi connectivity index (χ1) is 12.0. The second kappa shape index (κ2) is 8.99. The predicted octanol–water partition coefficient (Wildman–Crippen LogP) is 2.84. The van der Waals surface area contributed by atoms with E-state index in [1.54, 1.807) is 12.1 Å². The first-order valence-electron chi connectivity index (χ1n) is 8.28. The summed E-state index contributed by atoms with van der Waals surface area (Å²) in [5.41, 5.74) is 1.95. The molecular formula is C19H25NO4S. The highest BCUT2D eigenvalue weighted by Crippen LogP contribution is 2.26. The topological polar surface area (TPSA) is 75.6 Å². The number of aliphatic hydroxyl groups is 1. The summed E-state index contributed by atoms with van der Waals surface area (Å²) in [6, 6.07) is 14.9. The van der Waals surface area contributed by atoms with Gasteiger partial charge in [-0.2, -0.15) is 0 Å². The van der Waals surface area contributed by atoms with Crippen LogP contribution in [0.15, 0.2) is 53.4 Å². The van der Waals surface area contributed by atoms with Gasteiger partial charge in [-0.1, -0.05) is 36.4 Å². The highest BCUT2D eigenvalue weighted by atomic mass is 32.2. The molecule has 2 N–H and O–H groups in total. The molecule has 0 bridgehead atoms. The number of ether oxygens (including phenoxy) is 1. The average Bonchev–Trinajstić information content (AvgIpc) is 2.61. The van der Waals surface area contributed by atoms with E-state index in [4.69, 9.17) is 4.74 Å². The lowest BCUT2D eigenvalue weighted by molar-refractivity contribution is 0.273. The first-order valence-corrected chi connectivity index (χ1v) is 9.76. The summed E-state index contributed by atoms with van der Waals surface area (Å²) in [7, 11) is -2.20. The summed E-state index contributed by atoms with van der Waals surface area (Å²) >= 11 is 0. The van der Waals surface area contributed by atoms with Crippen LogP contribution in [0.3, 0.4) is 0 Å². The Morgan fingerprint density at radius 3 is 2.48 bits per heavy atom. The zero-order valence-electron chi connectivity index (χ0n) is 14.6. The number of nitrogens with one attached hydrogen (secondary N) is 1. The minimum absolute atomic E-state index is 0.0675. The van der Waals surface area contributed by atoms with Crippen molar-refractivity contribution in [3.05, 3.63) is 59.7 Å². The molecule has 1 unspecified atom stereocenters. The number of benzene rings is 2. The normalized spacial score (nSPS) is 12.8. The standard InChI is InChI=1S/C19H25NO4S/c1-15-8-9-18(24-2)19(14-15)25(22,23)20-12-10-17(11-13-21)16-6-4-3-5-7-16/h3-9,14,17,20-21H,10-13H2,1-2H3. The van der Waals surface area contributed by atoms with Gasteiger partial charge in [0.25, 0.3) is 0 Å². The van der Waals surface area contributed by atoms with Gasteiger partial charge in [-0.15, -0.1) is 0 Å². The number of hydrogen-bond acceptors (Lipinski definition) is 4. The number of hydrogen-bond donors (Lipinski definition) is 2. The van der Waals surface area contributed by atoms with Crippen LogP contribution in [0.1, 0.15) is 29.9 Å². The molecule has 0 radical (unpaired) electrons. The van der Waals surface area contributed by atoms with E-state index in [2.05, 4.69) is 4.72 Å². The number of sulfonamides is 1. The first kappa shape index (κ1) is 19.4. The summed E-state index contributed by atoms with van der Waals surface area (Å²) in [5, 5.41) is 9.28. The van der Waals surface area contributed by atoms with Gasteiger partial charge in [0, 0.05) is 13.2 Å². The van der Waals surface area contributed by atoms with Gasteiger partial charge < -0.3 is 9.84 Å². The number of rotatable bonds is 9. The average molecular weight is 363 g/mol. The molecule has 2 aromatic carbocycles. The second-order valence-corrected chi connectivity index (χ2v) is 7.70. The van der Waals surface area contributed by atoms with Crippen LogP contribution in [0.5, 0.6) is 5.75 Å². The molecule has 0 aliphatic rings. The molecule has 2 rings (SSSR count). The Labute approximate surface area is 149 Å². The van der Waals surface area contributed by atoms with Crippen LogP contribution in [0, 0.1) is 6.92 Å². The Bertz CT molecular complexity index is 775. The maximum absolute atomic E-state index is 12.6. The van der Waals surface area contributed by atoms with E-state index in [1.807, 2.05) is 43.3 Å². The fourth-order valence-corrected chi connectivity index (χ4v) is 4.10. The third-order valence-electron chi connectivity index (χ3n) is 4.14. The van der Waals surface area contributed by atoms with E-state index in [0.29, 0.717) is 25.1 Å². The minimum Gasteiger partial charge on any atom is -0.495 e. The molecule has 6 heteroatoms. The molecular weight excluding hydrogens is 338 g/mol. The molecule has 0 fully saturated rings. The van der Waals surface area contributed by atoms with Crippen LogP contribution in [0.2, 0.25) is 0 Å². The fraction of sp³-hybridized carbons (Fsp3) is 0.368. The molecule has 1 atom stereocenters. The highest BCUT2D eigenvalue weighted by Gasteiger charge is 2.20. The highest BCUT2D eigenvalue weighted by molar-refractivity contribution is 7.89. The van der Waals surface area contributed by atoms with Crippen LogP contribution in [0.4, 0.5) is 0 Å². The molecule has 0 aliphatic carbocycles. The lowest BCUT2D eigenvalue weighted by atomic mass is 9.93. The number of methoxy groups -OCH3 is 1. The van der Waals surface area contributed by atoms with Gasteiger partial charge in [-0.05, 0) is 48.9 Å². The van der Waals surface area contributed by atoms with E-state index in [0.717, 1.165) is 11.1 Å². The van der Waals surface area contributed by atoms with Crippen molar-refractivity contribution in [3.8, 4) is 5.75 Å². The number of aliphatic hydroxyl groups excluding tert-OH is 1. The largest absolute Gasteiger partial charge is 0.495 e. The van der Waals surface area contributed by atoms with Crippen LogP contribution in [-0.4, -0.2) is 33.8 Å². The van der Waals surface area contributed by atoms with Crippen molar-refractivity contribution >= 4 is 10.0 Å². The summed E-state index contributed by atoms with van der Waals surface area (Å²) in [6.45, 7) is 2.20. The van der Waals surface area contributed by atoms with Crippen molar-refractivity contribution in [3.63, 3.8) is 0 Å². The summed E-state index contributed by atoms with van der Waals surface area (Å²) in [4.78, 5) is 0.147. The summed E-state index contributed by atoms with van der Waals surface area (Å²) < 4.78 is 33.0. The monoisotopic (exact) mass is 363 g/mol. The zero-order valence-corrected chi connectivity index (χ0v) is 15.4. The molecule has 136 valence electrons. The second-order valence-electron chi connectivity index (χ2n) is 5.96. The quantitative estimate of drug-likeness (QED) is 0.718. The lowest BCUT2D eigenvalue weighted by Crippen LogP contribution is -2.26. The maximum Gasteiger partial charge on any atom is 0.244 e. The lowest BCUT2D eigenvalue weighted by Gasteiger charge is -2.17. The molecule has 0 aliphatic heterocycles. The van der Waals surface area contributed by atoms with Gasteiger partial charge in [-0.25, -0.2) is 13.1 Å². The molecule has 2 aromatic rings. The summed E-state index contributed by atoms with van der Waals surface area (Å²) in [6.07, 6.45) is 1.21. The van der Waals surface area contributed by atoms with E-state index in [1.165, 1.54) is 7.11 Å². The number of aryl methyl sites for hydroxylation is 1. The molecule has 0 saturated heterocycles. The zero-order chi connectivity index (χ0) is 18.3. The van der Waals surface area contributed by atoms with Crippen LogP contribution in [-0.2, 0) is 10.0 Å². The van der Waals surface area contributed by atoms with Crippen molar-refractivity contribution in [1.82, 2.24) is 4.72 Å². The Balaban J connectivity index is 2.08. The Morgan fingerprint density at radius 2 is 1.84 bits per heavy atom. The Hall–Kier alpha value is -1.89. The van der Waals surface area contributed by atoms with Crippen LogP contribution in [0.25, 0.3) is 0 Å². The fourth-order valence-electron chi connectivity index (χ4n) is 2.80. The molecule has 0 amide bonds. The minimum atomic E-state index is -3.66. The van der Waals surface area contributed by atoms with Gasteiger partial charge in [0.15, 0.2) is 0 Å². The Kier molecular flexibility index (Phi) is 6.99. The van der Waals surface area contributed by atoms with Gasteiger partial charge in [0.1, 0.15) is 10.6 Å². The van der Waals surface area contributed by atoms with E-state index in [9.17, 15) is 13.5 Å².